The van der Waals surface area contributed by atoms with Gasteiger partial charge in [-0.2, -0.15) is 0 Å². The molecule has 0 spiro atoms. The van der Waals surface area contributed by atoms with Gasteiger partial charge in [0.25, 0.3) is 0 Å². The van der Waals surface area contributed by atoms with E-state index in [1.165, 1.54) is 6.92 Å². The predicted octanol–water partition coefficient (Wildman–Crippen LogP) is -0.558. The van der Waals surface area contributed by atoms with Crippen LogP contribution in [0, 0.1) is 0 Å². The second-order valence-electron chi connectivity index (χ2n) is 4.83. The van der Waals surface area contributed by atoms with Gasteiger partial charge in [-0.25, -0.2) is 0 Å². The van der Waals surface area contributed by atoms with Gasteiger partial charge in [-0.15, -0.1) is 0 Å². The molecule has 0 aromatic rings. The summed E-state index contributed by atoms with van der Waals surface area (Å²) in [4.78, 5) is 22.3. The maximum atomic E-state index is 11.4. The second kappa shape index (κ2) is 13.9. The number of carbonyl (C=O) groups is 2. The number of hydrogen-bond donors (Lipinski definition) is 3. The maximum absolute atomic E-state index is 11.4. The number of nitrogens with one attached hydrogen (secondary N) is 2. The van der Waals surface area contributed by atoms with Crippen LogP contribution in [0.15, 0.2) is 0 Å². The van der Waals surface area contributed by atoms with Crippen molar-refractivity contribution >= 4 is 11.7 Å². The van der Waals surface area contributed by atoms with Crippen molar-refractivity contribution in [3.63, 3.8) is 0 Å². The molecule has 0 aliphatic rings. The van der Waals surface area contributed by atoms with Crippen LogP contribution in [0.1, 0.15) is 26.2 Å². The molecule has 0 saturated carbocycles. The molecule has 7 nitrogen and oxygen atoms in total. The highest BCUT2D eigenvalue weighted by molar-refractivity contribution is 5.81. The third-order valence-corrected chi connectivity index (χ3v) is 2.89. The van der Waals surface area contributed by atoms with Crippen molar-refractivity contribution in [1.29, 1.82) is 0 Å². The van der Waals surface area contributed by atoms with Gasteiger partial charge >= 0.3 is 0 Å². The molecule has 0 aromatic carbocycles. The fourth-order valence-corrected chi connectivity index (χ4v) is 1.53. The largest absolute Gasteiger partial charge is 0.378 e. The number of ketones is 1. The molecule has 0 aromatic heterocycles. The molecule has 0 saturated heterocycles. The number of amides is 1. The number of Topliss-reactive ketones (excluding diaryl/α,β-unsaturated/α-hetero) is 1. The molecule has 0 heterocycles. The molecular formula is C14H29N3O4. The molecule has 1 atom stereocenters. The lowest BCUT2D eigenvalue weighted by Gasteiger charge is -2.08. The maximum Gasteiger partial charge on any atom is 0.245 e. The Balaban J connectivity index is 3.29. The molecule has 1 unspecified atom stereocenters. The lowest BCUT2D eigenvalue weighted by molar-refractivity contribution is -0.126. The van der Waals surface area contributed by atoms with Gasteiger partial charge in [-0.05, 0) is 33.2 Å². The summed E-state index contributed by atoms with van der Waals surface area (Å²) in [5.74, 6) is -0.134. The first-order valence-electron chi connectivity index (χ1n) is 7.40. The quantitative estimate of drug-likeness (QED) is 0.372. The summed E-state index contributed by atoms with van der Waals surface area (Å²) >= 11 is 0. The molecule has 21 heavy (non-hydrogen) atoms. The van der Waals surface area contributed by atoms with Crippen molar-refractivity contribution in [3.8, 4) is 0 Å². The highest BCUT2D eigenvalue weighted by atomic mass is 16.5. The zero-order chi connectivity index (χ0) is 15.9. The van der Waals surface area contributed by atoms with E-state index in [1.54, 1.807) is 0 Å². The van der Waals surface area contributed by atoms with Gasteiger partial charge in [0.2, 0.25) is 5.91 Å². The molecule has 0 fully saturated rings. The standard InChI is InChI=1S/C14H29N3O4/c1-12(18)13(15)5-3-4-6-17-14(19)11-21-10-9-20-8-7-16-2/h13,16H,3-11,15H2,1-2H3,(H,17,19). The number of rotatable bonds is 14. The van der Waals surface area contributed by atoms with Crippen LogP contribution in [0.3, 0.4) is 0 Å². The highest BCUT2D eigenvalue weighted by Gasteiger charge is 2.07. The minimum atomic E-state index is -0.382. The molecule has 124 valence electrons. The fourth-order valence-electron chi connectivity index (χ4n) is 1.53. The Labute approximate surface area is 126 Å². The van der Waals surface area contributed by atoms with Crippen LogP contribution >= 0.6 is 0 Å². The van der Waals surface area contributed by atoms with Gasteiger partial charge in [0.15, 0.2) is 0 Å². The van der Waals surface area contributed by atoms with Crippen LogP contribution in [0.2, 0.25) is 0 Å². The third-order valence-electron chi connectivity index (χ3n) is 2.89. The summed E-state index contributed by atoms with van der Waals surface area (Å²) < 4.78 is 10.4. The van der Waals surface area contributed by atoms with Crippen molar-refractivity contribution in [1.82, 2.24) is 10.6 Å². The minimum Gasteiger partial charge on any atom is -0.378 e. The Kier molecular flexibility index (Phi) is 13.3. The molecule has 0 aliphatic carbocycles. The summed E-state index contributed by atoms with van der Waals surface area (Å²) in [5, 5.41) is 5.72. The fraction of sp³-hybridized carbons (Fsp3) is 0.857. The van der Waals surface area contributed by atoms with E-state index < -0.39 is 0 Å². The third kappa shape index (κ3) is 13.7. The molecule has 0 rings (SSSR count). The van der Waals surface area contributed by atoms with Gasteiger partial charge in [0.1, 0.15) is 12.4 Å². The average Bonchev–Trinajstić information content (AvgIpc) is 2.45. The zero-order valence-electron chi connectivity index (χ0n) is 13.2. The molecule has 4 N–H and O–H groups in total. The Morgan fingerprint density at radius 2 is 1.81 bits per heavy atom. The molecule has 0 aliphatic heterocycles. The Bertz CT molecular complexity index is 287. The molecular weight excluding hydrogens is 274 g/mol. The van der Waals surface area contributed by atoms with E-state index in [9.17, 15) is 9.59 Å². The number of unbranched alkanes of at least 4 members (excludes halogenated alkanes) is 1. The van der Waals surface area contributed by atoms with Crippen LogP contribution in [-0.2, 0) is 19.1 Å². The molecule has 1 amide bonds. The van der Waals surface area contributed by atoms with Crippen molar-refractivity contribution in [3.05, 3.63) is 0 Å². The summed E-state index contributed by atoms with van der Waals surface area (Å²) in [6, 6.07) is -0.382. The summed E-state index contributed by atoms with van der Waals surface area (Å²) in [6.45, 7) is 4.44. The summed E-state index contributed by atoms with van der Waals surface area (Å²) in [7, 11) is 1.86. The lowest BCUT2D eigenvalue weighted by atomic mass is 10.1. The Morgan fingerprint density at radius 1 is 1.10 bits per heavy atom. The Morgan fingerprint density at radius 3 is 2.48 bits per heavy atom. The van der Waals surface area contributed by atoms with Gasteiger partial charge in [0, 0.05) is 13.1 Å². The first-order chi connectivity index (χ1) is 10.1. The molecule has 0 radical (unpaired) electrons. The van der Waals surface area contributed by atoms with Crippen LogP contribution in [0.25, 0.3) is 0 Å². The Hall–Kier alpha value is -1.02. The van der Waals surface area contributed by atoms with E-state index in [-0.39, 0.29) is 24.3 Å². The van der Waals surface area contributed by atoms with E-state index in [0.29, 0.717) is 32.8 Å². The number of ether oxygens (including phenoxy) is 2. The molecule has 7 heteroatoms. The van der Waals surface area contributed by atoms with E-state index in [4.69, 9.17) is 15.2 Å². The van der Waals surface area contributed by atoms with Crippen LogP contribution < -0.4 is 16.4 Å². The lowest BCUT2D eigenvalue weighted by Crippen LogP contribution is -2.30. The predicted molar refractivity (Wildman–Crippen MR) is 81.1 cm³/mol. The first-order valence-corrected chi connectivity index (χ1v) is 7.40. The number of hydrogen-bond acceptors (Lipinski definition) is 6. The van der Waals surface area contributed by atoms with E-state index in [2.05, 4.69) is 10.6 Å². The van der Waals surface area contributed by atoms with Crippen LogP contribution in [-0.4, -0.2) is 64.3 Å². The smallest absolute Gasteiger partial charge is 0.245 e. The van der Waals surface area contributed by atoms with Crippen molar-refractivity contribution in [2.75, 3.05) is 46.6 Å². The van der Waals surface area contributed by atoms with E-state index in [0.717, 1.165) is 19.4 Å². The van der Waals surface area contributed by atoms with E-state index in [1.807, 2.05) is 7.05 Å². The van der Waals surface area contributed by atoms with Crippen molar-refractivity contribution in [2.45, 2.75) is 32.2 Å². The number of likely N-dealkylation sites (N-methyl/N-ethyl adjacent to an activating group) is 1. The van der Waals surface area contributed by atoms with Gasteiger partial charge in [-0.1, -0.05) is 0 Å². The van der Waals surface area contributed by atoms with Crippen molar-refractivity contribution < 1.29 is 19.1 Å². The van der Waals surface area contributed by atoms with Crippen LogP contribution in [0.4, 0.5) is 0 Å². The number of carbonyl (C=O) groups excluding carboxylic acids is 2. The van der Waals surface area contributed by atoms with Gasteiger partial charge in [0.05, 0.1) is 25.9 Å². The topological polar surface area (TPSA) is 103 Å². The zero-order valence-corrected chi connectivity index (χ0v) is 13.2. The summed E-state index contributed by atoms with van der Waals surface area (Å²) in [6.07, 6.45) is 2.28. The SMILES string of the molecule is CNCCOCCOCC(=O)NCCCCC(N)C(C)=O. The highest BCUT2D eigenvalue weighted by Crippen LogP contribution is 1.98. The van der Waals surface area contributed by atoms with Crippen LogP contribution in [0.5, 0.6) is 0 Å². The summed E-state index contributed by atoms with van der Waals surface area (Å²) in [5.41, 5.74) is 5.61. The minimum absolute atomic E-state index is 0.00405. The van der Waals surface area contributed by atoms with E-state index >= 15 is 0 Å². The monoisotopic (exact) mass is 303 g/mol. The van der Waals surface area contributed by atoms with Crippen molar-refractivity contribution in [2.24, 2.45) is 5.73 Å². The van der Waals surface area contributed by atoms with Gasteiger partial charge in [-0.3, -0.25) is 9.59 Å². The molecule has 0 bridgehead atoms. The first kappa shape index (κ1) is 20.0. The second-order valence-corrected chi connectivity index (χ2v) is 4.83. The average molecular weight is 303 g/mol. The number of nitrogens with two attached hydrogens (primary N) is 1. The normalized spacial score (nSPS) is 12.1. The van der Waals surface area contributed by atoms with Gasteiger partial charge < -0.3 is 25.8 Å².